The Morgan fingerprint density at radius 3 is 2.81 bits per heavy atom. The van der Waals surface area contributed by atoms with E-state index < -0.39 is 5.97 Å². The van der Waals surface area contributed by atoms with E-state index in [0.717, 1.165) is 5.56 Å². The Morgan fingerprint density at radius 1 is 1.37 bits per heavy atom. The van der Waals surface area contributed by atoms with Gasteiger partial charge in [0.25, 0.3) is 0 Å². The number of nitrogens with zero attached hydrogens (tertiary/aromatic N) is 3. The molecule has 0 unspecified atom stereocenters. The summed E-state index contributed by atoms with van der Waals surface area (Å²) in [6.07, 6.45) is 4.13. The number of thioether (sulfide) groups is 1. The number of carbonyl (C=O) groups is 1. The summed E-state index contributed by atoms with van der Waals surface area (Å²) in [6.45, 7) is 0. The average Bonchev–Trinajstić information content (AvgIpc) is 3.10. The van der Waals surface area contributed by atoms with Gasteiger partial charge in [-0.15, -0.1) is 0 Å². The molecule has 136 valence electrons. The molecule has 0 aliphatic heterocycles. The number of oxazole rings is 1. The molecule has 3 rings (SSSR count). The van der Waals surface area contributed by atoms with Gasteiger partial charge < -0.3 is 9.15 Å². The summed E-state index contributed by atoms with van der Waals surface area (Å²) in [4.78, 5) is 20.9. The number of fused-ring (bicyclic) bond motifs is 1. The summed E-state index contributed by atoms with van der Waals surface area (Å²) in [5, 5.41) is 11.7. The molecule has 1 N–H and O–H groups in total. The number of rotatable bonds is 4. The third-order valence-corrected chi connectivity index (χ3v) is 4.29. The van der Waals surface area contributed by atoms with E-state index in [2.05, 4.69) is 15.3 Å². The normalized spacial score (nSPS) is 11.2. The third kappa shape index (κ3) is 4.27. The first-order valence-corrected chi connectivity index (χ1v) is 9.20. The summed E-state index contributed by atoms with van der Waals surface area (Å²) in [5.41, 5.74) is 2.70. The van der Waals surface area contributed by atoms with Gasteiger partial charge in [0.05, 0.1) is 12.7 Å². The van der Waals surface area contributed by atoms with Gasteiger partial charge in [0.15, 0.2) is 22.8 Å². The number of ether oxygens (including phenoxy) is 1. The Bertz CT molecular complexity index is 1040. The highest BCUT2D eigenvalue weighted by Gasteiger charge is 2.16. The number of nitrogens with one attached hydrogen (secondary N) is 1. The van der Waals surface area contributed by atoms with Crippen molar-refractivity contribution in [3.05, 3.63) is 59.5 Å². The van der Waals surface area contributed by atoms with Crippen molar-refractivity contribution in [3.8, 4) is 6.19 Å². The average molecular weight is 380 g/mol. The van der Waals surface area contributed by atoms with Crippen molar-refractivity contribution in [2.45, 2.75) is 6.42 Å². The number of esters is 1. The fourth-order valence-corrected chi connectivity index (χ4v) is 2.85. The van der Waals surface area contributed by atoms with Crippen molar-refractivity contribution in [2.75, 3.05) is 13.4 Å². The van der Waals surface area contributed by atoms with E-state index in [4.69, 9.17) is 14.4 Å². The van der Waals surface area contributed by atoms with Crippen molar-refractivity contribution in [1.29, 1.82) is 5.26 Å². The quantitative estimate of drug-likeness (QED) is 0.242. The molecule has 0 aliphatic carbocycles. The molecule has 0 saturated heterocycles. The van der Waals surface area contributed by atoms with Crippen LogP contribution < -0.4 is 5.32 Å². The second kappa shape index (κ2) is 8.38. The van der Waals surface area contributed by atoms with E-state index in [1.165, 1.54) is 18.9 Å². The monoisotopic (exact) mass is 380 g/mol. The van der Waals surface area contributed by atoms with Gasteiger partial charge in [0, 0.05) is 6.42 Å². The van der Waals surface area contributed by atoms with Crippen LogP contribution in [0.5, 0.6) is 0 Å². The predicted octanol–water partition coefficient (Wildman–Crippen LogP) is 3.63. The number of aromatic nitrogens is 1. The Balaban J connectivity index is 2.10. The molecule has 0 fully saturated rings. The first-order valence-electron chi connectivity index (χ1n) is 7.98. The molecule has 0 amide bonds. The van der Waals surface area contributed by atoms with Crippen LogP contribution in [0, 0.1) is 11.5 Å². The van der Waals surface area contributed by atoms with Crippen molar-refractivity contribution in [1.82, 2.24) is 10.3 Å². The van der Waals surface area contributed by atoms with Gasteiger partial charge in [0.2, 0.25) is 0 Å². The van der Waals surface area contributed by atoms with Crippen molar-refractivity contribution < 1.29 is 13.9 Å². The number of carbonyl (C=O) groups excluding carboxylic acids is 1. The van der Waals surface area contributed by atoms with Gasteiger partial charge in [0.1, 0.15) is 11.2 Å². The summed E-state index contributed by atoms with van der Waals surface area (Å²) in [5.74, 6) is 0.00788. The molecule has 0 radical (unpaired) electrons. The Kier molecular flexibility index (Phi) is 5.74. The number of benzene rings is 2. The predicted molar refractivity (Wildman–Crippen MR) is 104 cm³/mol. The SMILES string of the molecule is COC(=O)c1cc(N=C(NC#N)SC)c2oc(Cc3ccccc3)nc2c1. The minimum absolute atomic E-state index is 0.306. The highest BCUT2D eigenvalue weighted by atomic mass is 32.2. The van der Waals surface area contributed by atoms with Crippen LogP contribution in [0.3, 0.4) is 0 Å². The fourth-order valence-electron chi connectivity index (χ4n) is 2.51. The zero-order valence-electron chi connectivity index (χ0n) is 14.7. The van der Waals surface area contributed by atoms with E-state index in [-0.39, 0.29) is 0 Å². The Labute approximate surface area is 160 Å². The van der Waals surface area contributed by atoms with Crippen LogP contribution >= 0.6 is 11.8 Å². The zero-order chi connectivity index (χ0) is 19.2. The van der Waals surface area contributed by atoms with E-state index in [9.17, 15) is 4.79 Å². The highest BCUT2D eigenvalue weighted by molar-refractivity contribution is 8.13. The van der Waals surface area contributed by atoms with Crippen LogP contribution in [0.4, 0.5) is 5.69 Å². The molecule has 1 heterocycles. The topological polar surface area (TPSA) is 101 Å². The molecule has 27 heavy (non-hydrogen) atoms. The molecule has 7 nitrogen and oxygen atoms in total. The fraction of sp³-hybridized carbons (Fsp3) is 0.158. The van der Waals surface area contributed by atoms with Gasteiger partial charge in [-0.05, 0) is 24.0 Å². The molecule has 0 aliphatic rings. The largest absolute Gasteiger partial charge is 0.465 e. The lowest BCUT2D eigenvalue weighted by Gasteiger charge is -2.03. The van der Waals surface area contributed by atoms with E-state index in [0.29, 0.717) is 39.8 Å². The number of aliphatic imine (C=N–C) groups is 1. The van der Waals surface area contributed by atoms with Gasteiger partial charge >= 0.3 is 5.97 Å². The van der Waals surface area contributed by atoms with Gasteiger partial charge in [-0.2, -0.15) is 5.26 Å². The van der Waals surface area contributed by atoms with Crippen molar-refractivity contribution in [2.24, 2.45) is 4.99 Å². The molecular weight excluding hydrogens is 364 g/mol. The molecule has 8 heteroatoms. The molecule has 2 aromatic carbocycles. The minimum atomic E-state index is -0.500. The standard InChI is InChI=1S/C19H16N4O3S/c1-25-18(24)13-9-14-17(15(10-13)23-19(27-2)21-11-20)26-16(22-14)8-12-6-4-3-5-7-12/h3-7,9-10H,8H2,1-2H3,(H,21,23). The van der Waals surface area contributed by atoms with E-state index >= 15 is 0 Å². The summed E-state index contributed by atoms with van der Waals surface area (Å²) in [7, 11) is 1.31. The molecular formula is C19H16N4O3S. The maximum Gasteiger partial charge on any atom is 0.338 e. The molecule has 1 aromatic heterocycles. The first-order chi connectivity index (χ1) is 13.1. The smallest absolute Gasteiger partial charge is 0.338 e. The molecule has 0 spiro atoms. The minimum Gasteiger partial charge on any atom is -0.465 e. The van der Waals surface area contributed by atoms with E-state index in [1.807, 2.05) is 36.5 Å². The van der Waals surface area contributed by atoms with Crippen LogP contribution in [-0.2, 0) is 11.2 Å². The number of nitriles is 1. The lowest BCUT2D eigenvalue weighted by atomic mass is 10.1. The first kappa shape index (κ1) is 18.5. The second-order valence-electron chi connectivity index (χ2n) is 5.46. The van der Waals surface area contributed by atoms with E-state index in [1.54, 1.807) is 18.4 Å². The Morgan fingerprint density at radius 2 is 2.15 bits per heavy atom. The van der Waals surface area contributed by atoms with Crippen LogP contribution in [-0.4, -0.2) is 29.5 Å². The van der Waals surface area contributed by atoms with Crippen LogP contribution in [0.2, 0.25) is 0 Å². The number of methoxy groups -OCH3 is 1. The zero-order valence-corrected chi connectivity index (χ0v) is 15.5. The van der Waals surface area contributed by atoms with Crippen LogP contribution in [0.25, 0.3) is 11.1 Å². The molecule has 0 bridgehead atoms. The Hall–Kier alpha value is -3.31. The number of hydrogen-bond donors (Lipinski definition) is 1. The van der Waals surface area contributed by atoms with Gasteiger partial charge in [-0.3, -0.25) is 5.32 Å². The van der Waals surface area contributed by atoms with Crippen LogP contribution in [0.1, 0.15) is 21.8 Å². The summed E-state index contributed by atoms with van der Waals surface area (Å²) < 4.78 is 10.7. The van der Waals surface area contributed by atoms with Gasteiger partial charge in [-0.1, -0.05) is 42.1 Å². The van der Waals surface area contributed by atoms with Crippen LogP contribution in [0.15, 0.2) is 51.9 Å². The summed E-state index contributed by atoms with van der Waals surface area (Å²) in [6, 6.07) is 13.0. The maximum atomic E-state index is 12.0. The van der Waals surface area contributed by atoms with Gasteiger partial charge in [-0.25, -0.2) is 14.8 Å². The summed E-state index contributed by atoms with van der Waals surface area (Å²) >= 11 is 1.27. The molecule has 0 atom stereocenters. The lowest BCUT2D eigenvalue weighted by Crippen LogP contribution is -2.12. The lowest BCUT2D eigenvalue weighted by molar-refractivity contribution is 0.0601. The maximum absolute atomic E-state index is 12.0. The second-order valence-corrected chi connectivity index (χ2v) is 6.26. The third-order valence-electron chi connectivity index (χ3n) is 3.71. The molecule has 3 aromatic rings. The number of hydrogen-bond acceptors (Lipinski definition) is 7. The van der Waals surface area contributed by atoms with Crippen molar-refractivity contribution in [3.63, 3.8) is 0 Å². The van der Waals surface area contributed by atoms with Crippen molar-refractivity contribution >= 4 is 39.7 Å². The highest BCUT2D eigenvalue weighted by Crippen LogP contribution is 2.30. The molecule has 0 saturated carbocycles. The number of amidine groups is 1.